The van der Waals surface area contributed by atoms with Crippen molar-refractivity contribution < 1.29 is 5.11 Å². The number of anilines is 1. The normalized spacial score (nSPS) is 16.0. The number of benzene rings is 2. The first-order chi connectivity index (χ1) is 15.3. The van der Waals surface area contributed by atoms with Crippen LogP contribution in [0.5, 0.6) is 0 Å². The van der Waals surface area contributed by atoms with Gasteiger partial charge in [-0.1, -0.05) is 65.1 Å². The lowest BCUT2D eigenvalue weighted by Gasteiger charge is -2.36. The lowest BCUT2D eigenvalue weighted by atomic mass is 9.94. The van der Waals surface area contributed by atoms with E-state index in [-0.39, 0.29) is 0 Å². The predicted molar refractivity (Wildman–Crippen MR) is 131 cm³/mol. The molecular formula is C24H21Cl3N4O. The van der Waals surface area contributed by atoms with Crippen molar-refractivity contribution in [1.82, 2.24) is 14.6 Å². The minimum Gasteiger partial charge on any atom is -0.390 e. The summed E-state index contributed by atoms with van der Waals surface area (Å²) in [6, 6.07) is 17.0. The molecule has 0 aliphatic carbocycles. The van der Waals surface area contributed by atoms with Crippen LogP contribution in [0.4, 0.5) is 5.82 Å². The third kappa shape index (κ3) is 3.95. The van der Waals surface area contributed by atoms with Crippen LogP contribution in [0, 0.1) is 0 Å². The summed E-state index contributed by atoms with van der Waals surface area (Å²) in [5, 5.41) is 17.0. The SMILES string of the molecule is CC1(O)CCN(c2cc(Cl)nc3c(-c4ccc(Cl)cc4)c(-c4ccccc4Cl)nn23)CC1. The highest BCUT2D eigenvalue weighted by molar-refractivity contribution is 6.33. The van der Waals surface area contributed by atoms with Gasteiger partial charge in [-0.25, -0.2) is 4.98 Å². The molecule has 2 aromatic heterocycles. The maximum absolute atomic E-state index is 10.4. The Hall–Kier alpha value is -2.31. The van der Waals surface area contributed by atoms with Gasteiger partial charge in [-0.05, 0) is 43.5 Å². The molecule has 1 aliphatic heterocycles. The standard InChI is InChI=1S/C24H21Cl3N4O/c1-24(32)10-12-30(13-11-24)20-14-19(27)28-23-21(15-6-8-16(25)9-7-15)22(29-31(20)23)17-4-2-3-5-18(17)26/h2-9,14,32H,10-13H2,1H3. The molecule has 2 aromatic carbocycles. The first-order valence-electron chi connectivity index (χ1n) is 10.4. The Morgan fingerprint density at radius 2 is 1.66 bits per heavy atom. The van der Waals surface area contributed by atoms with Crippen molar-refractivity contribution >= 4 is 46.3 Å². The highest BCUT2D eigenvalue weighted by atomic mass is 35.5. The quantitative estimate of drug-likeness (QED) is 0.341. The highest BCUT2D eigenvalue weighted by Gasteiger charge is 2.30. The fraction of sp³-hybridized carbons (Fsp3) is 0.250. The predicted octanol–water partition coefficient (Wildman–Crippen LogP) is 6.37. The summed E-state index contributed by atoms with van der Waals surface area (Å²) in [6.45, 7) is 3.27. The van der Waals surface area contributed by atoms with Gasteiger partial charge in [-0.2, -0.15) is 9.61 Å². The molecule has 0 amide bonds. The zero-order valence-electron chi connectivity index (χ0n) is 17.4. The number of rotatable bonds is 3. The second kappa shape index (κ2) is 8.23. The van der Waals surface area contributed by atoms with Gasteiger partial charge < -0.3 is 10.0 Å². The van der Waals surface area contributed by atoms with Gasteiger partial charge in [-0.15, -0.1) is 0 Å². The van der Waals surface area contributed by atoms with Gasteiger partial charge in [0, 0.05) is 29.7 Å². The molecule has 164 valence electrons. The number of aliphatic hydroxyl groups is 1. The molecule has 3 heterocycles. The minimum absolute atomic E-state index is 0.380. The van der Waals surface area contributed by atoms with Crippen LogP contribution in [0.1, 0.15) is 19.8 Å². The molecule has 0 atom stereocenters. The number of halogens is 3. The first kappa shape index (κ1) is 21.5. The van der Waals surface area contributed by atoms with Crippen LogP contribution in [-0.4, -0.2) is 38.4 Å². The molecule has 5 rings (SSSR count). The summed E-state index contributed by atoms with van der Waals surface area (Å²) in [4.78, 5) is 6.84. The van der Waals surface area contributed by atoms with Crippen LogP contribution in [0.15, 0.2) is 54.6 Å². The molecule has 1 fully saturated rings. The summed E-state index contributed by atoms with van der Waals surface area (Å²) in [7, 11) is 0. The van der Waals surface area contributed by atoms with E-state index < -0.39 is 5.60 Å². The summed E-state index contributed by atoms with van der Waals surface area (Å²) >= 11 is 19.2. The fourth-order valence-corrected chi connectivity index (χ4v) is 4.67. The van der Waals surface area contributed by atoms with Gasteiger partial charge in [0.25, 0.3) is 0 Å². The number of hydrogen-bond donors (Lipinski definition) is 1. The van der Waals surface area contributed by atoms with Crippen LogP contribution in [-0.2, 0) is 0 Å². The average Bonchev–Trinajstić information content (AvgIpc) is 3.13. The summed E-state index contributed by atoms with van der Waals surface area (Å²) in [6.07, 6.45) is 1.33. The Labute approximate surface area is 201 Å². The Morgan fingerprint density at radius 3 is 2.34 bits per heavy atom. The molecule has 5 nitrogen and oxygen atoms in total. The molecule has 4 aromatic rings. The number of piperidine rings is 1. The smallest absolute Gasteiger partial charge is 0.167 e. The third-order valence-corrected chi connectivity index (χ3v) is 6.74. The summed E-state index contributed by atoms with van der Waals surface area (Å²) < 4.78 is 1.83. The van der Waals surface area contributed by atoms with Gasteiger partial charge in [0.05, 0.1) is 16.2 Å². The Balaban J connectivity index is 1.76. The molecule has 0 unspecified atom stereocenters. The molecule has 1 N–H and O–H groups in total. The maximum atomic E-state index is 10.4. The number of fused-ring (bicyclic) bond motifs is 1. The molecule has 0 saturated carbocycles. The Kier molecular flexibility index (Phi) is 5.54. The van der Waals surface area contributed by atoms with Crippen LogP contribution in [0.3, 0.4) is 0 Å². The van der Waals surface area contributed by atoms with Crippen LogP contribution in [0.25, 0.3) is 28.0 Å². The Bertz CT molecular complexity index is 1290. The second-order valence-electron chi connectivity index (χ2n) is 8.37. The zero-order chi connectivity index (χ0) is 22.5. The molecule has 1 saturated heterocycles. The van der Waals surface area contributed by atoms with Gasteiger partial charge in [0.15, 0.2) is 5.65 Å². The lowest BCUT2D eigenvalue weighted by Crippen LogP contribution is -2.43. The lowest BCUT2D eigenvalue weighted by molar-refractivity contribution is 0.0349. The van der Waals surface area contributed by atoms with Crippen molar-refractivity contribution in [2.24, 2.45) is 0 Å². The molecular weight excluding hydrogens is 467 g/mol. The van der Waals surface area contributed by atoms with Crippen molar-refractivity contribution in [1.29, 1.82) is 0 Å². The molecule has 1 aliphatic rings. The summed E-state index contributed by atoms with van der Waals surface area (Å²) in [5.41, 5.74) is 3.27. The maximum Gasteiger partial charge on any atom is 0.167 e. The number of hydrogen-bond acceptors (Lipinski definition) is 4. The average molecular weight is 488 g/mol. The van der Waals surface area contributed by atoms with E-state index >= 15 is 0 Å². The van der Waals surface area contributed by atoms with Crippen LogP contribution < -0.4 is 4.90 Å². The van der Waals surface area contributed by atoms with Gasteiger partial charge in [0.1, 0.15) is 16.7 Å². The van der Waals surface area contributed by atoms with Gasteiger partial charge in [0.2, 0.25) is 0 Å². The van der Waals surface area contributed by atoms with E-state index in [1.165, 1.54) is 0 Å². The van der Waals surface area contributed by atoms with E-state index in [0.29, 0.717) is 46.8 Å². The van der Waals surface area contributed by atoms with E-state index in [1.54, 1.807) is 0 Å². The minimum atomic E-state index is -0.659. The second-order valence-corrected chi connectivity index (χ2v) is 9.60. The largest absolute Gasteiger partial charge is 0.390 e. The zero-order valence-corrected chi connectivity index (χ0v) is 19.7. The monoisotopic (exact) mass is 486 g/mol. The van der Waals surface area contributed by atoms with E-state index in [4.69, 9.17) is 39.9 Å². The van der Waals surface area contributed by atoms with Crippen molar-refractivity contribution in [3.05, 3.63) is 69.8 Å². The topological polar surface area (TPSA) is 53.7 Å². The summed E-state index contributed by atoms with van der Waals surface area (Å²) in [5.74, 6) is 0.837. The Morgan fingerprint density at radius 1 is 0.969 bits per heavy atom. The van der Waals surface area contributed by atoms with E-state index in [2.05, 4.69) is 9.88 Å². The van der Waals surface area contributed by atoms with E-state index in [0.717, 1.165) is 28.2 Å². The molecule has 32 heavy (non-hydrogen) atoms. The van der Waals surface area contributed by atoms with Crippen LogP contribution in [0.2, 0.25) is 15.2 Å². The fourth-order valence-electron chi connectivity index (χ4n) is 4.14. The van der Waals surface area contributed by atoms with Crippen LogP contribution >= 0.6 is 34.8 Å². The molecule has 0 radical (unpaired) electrons. The van der Waals surface area contributed by atoms with Gasteiger partial charge in [-0.3, -0.25) is 0 Å². The molecule has 8 heteroatoms. The van der Waals surface area contributed by atoms with E-state index in [9.17, 15) is 5.11 Å². The van der Waals surface area contributed by atoms with Crippen molar-refractivity contribution in [2.45, 2.75) is 25.4 Å². The molecule has 0 bridgehead atoms. The number of aromatic nitrogens is 3. The third-order valence-electron chi connectivity index (χ3n) is 5.97. The van der Waals surface area contributed by atoms with E-state index in [1.807, 2.05) is 66.0 Å². The first-order valence-corrected chi connectivity index (χ1v) is 11.5. The highest BCUT2D eigenvalue weighted by Crippen LogP contribution is 2.40. The van der Waals surface area contributed by atoms with Crippen molar-refractivity contribution in [3.8, 4) is 22.4 Å². The number of nitrogens with zero attached hydrogens (tertiary/aromatic N) is 4. The molecule has 0 spiro atoms. The van der Waals surface area contributed by atoms with Crippen molar-refractivity contribution in [3.63, 3.8) is 0 Å². The van der Waals surface area contributed by atoms with Crippen molar-refractivity contribution in [2.75, 3.05) is 18.0 Å². The van der Waals surface area contributed by atoms with Gasteiger partial charge >= 0.3 is 0 Å².